The van der Waals surface area contributed by atoms with Crippen molar-refractivity contribution in [1.29, 1.82) is 0 Å². The molecule has 0 aliphatic carbocycles. The number of pyridine rings is 1. The normalized spacial score (nSPS) is 27.0. The minimum Gasteiger partial charge on any atom is -0.466 e. The fraction of sp³-hybridized carbons (Fsp3) is 0.429. The number of benzene rings is 1. The summed E-state index contributed by atoms with van der Waals surface area (Å²) in [6.07, 6.45) is 5.32. The summed E-state index contributed by atoms with van der Waals surface area (Å²) in [6.45, 7) is 2.06. The number of sulfonamides is 1. The van der Waals surface area contributed by atoms with Gasteiger partial charge in [-0.3, -0.25) is 9.78 Å². The van der Waals surface area contributed by atoms with Gasteiger partial charge in [-0.05, 0) is 50.3 Å². The van der Waals surface area contributed by atoms with Gasteiger partial charge in [0.1, 0.15) is 4.90 Å². The van der Waals surface area contributed by atoms with E-state index in [1.54, 1.807) is 29.6 Å². The van der Waals surface area contributed by atoms with E-state index in [2.05, 4.69) is 4.98 Å². The van der Waals surface area contributed by atoms with Crippen molar-refractivity contribution in [2.75, 3.05) is 6.61 Å². The van der Waals surface area contributed by atoms with Crippen molar-refractivity contribution >= 4 is 16.0 Å². The molecule has 0 saturated carbocycles. The van der Waals surface area contributed by atoms with Crippen LogP contribution in [0.2, 0.25) is 0 Å². The quantitative estimate of drug-likeness (QED) is 0.697. The van der Waals surface area contributed by atoms with E-state index in [4.69, 9.17) is 4.74 Å². The van der Waals surface area contributed by atoms with E-state index in [0.29, 0.717) is 19.3 Å². The van der Waals surface area contributed by atoms with Gasteiger partial charge >= 0.3 is 5.97 Å². The van der Waals surface area contributed by atoms with Gasteiger partial charge in [0.15, 0.2) is 0 Å². The fourth-order valence-electron chi connectivity index (χ4n) is 4.83. The second-order valence-electron chi connectivity index (χ2n) is 7.51. The van der Waals surface area contributed by atoms with Crippen LogP contribution < -0.4 is 0 Å². The average molecular weight is 401 g/mol. The molecule has 28 heavy (non-hydrogen) atoms. The molecule has 3 atom stereocenters. The van der Waals surface area contributed by atoms with Crippen LogP contribution in [0.15, 0.2) is 59.8 Å². The molecule has 0 N–H and O–H groups in total. The van der Waals surface area contributed by atoms with E-state index in [-0.39, 0.29) is 23.5 Å². The van der Waals surface area contributed by atoms with Gasteiger partial charge in [-0.25, -0.2) is 8.42 Å². The number of carbonyl (C=O) groups excluding carboxylic acids is 1. The van der Waals surface area contributed by atoms with Crippen LogP contribution in [-0.2, 0) is 26.0 Å². The maximum Gasteiger partial charge on any atom is 0.314 e. The molecule has 1 aromatic heterocycles. The van der Waals surface area contributed by atoms with Crippen molar-refractivity contribution < 1.29 is 17.9 Å². The Labute approximate surface area is 165 Å². The summed E-state index contributed by atoms with van der Waals surface area (Å²) < 4.78 is 33.7. The molecule has 0 unspecified atom stereocenters. The average Bonchev–Trinajstić information content (AvgIpc) is 3.27. The maximum atomic E-state index is 13.3. The summed E-state index contributed by atoms with van der Waals surface area (Å²) in [7, 11) is -3.72. The number of aromatic nitrogens is 1. The molecule has 148 valence electrons. The molecule has 2 aromatic rings. The Morgan fingerprint density at radius 3 is 2.68 bits per heavy atom. The Hall–Kier alpha value is -2.25. The number of hydrogen-bond acceptors (Lipinski definition) is 5. The molecule has 2 bridgehead atoms. The highest BCUT2D eigenvalue weighted by Gasteiger charge is 2.63. The maximum absolute atomic E-state index is 13.3. The van der Waals surface area contributed by atoms with Crippen molar-refractivity contribution in [3.63, 3.8) is 0 Å². The van der Waals surface area contributed by atoms with Gasteiger partial charge in [0.25, 0.3) is 0 Å². The summed E-state index contributed by atoms with van der Waals surface area (Å²) in [5, 5.41) is 0. The molecule has 0 amide bonds. The molecule has 2 aliphatic heterocycles. The van der Waals surface area contributed by atoms with Gasteiger partial charge in [0.05, 0.1) is 12.0 Å². The zero-order valence-electron chi connectivity index (χ0n) is 15.8. The van der Waals surface area contributed by atoms with Gasteiger partial charge in [0, 0.05) is 24.5 Å². The smallest absolute Gasteiger partial charge is 0.314 e. The van der Waals surface area contributed by atoms with Crippen LogP contribution in [0.1, 0.15) is 31.7 Å². The molecule has 6 nitrogen and oxygen atoms in total. The number of rotatable bonds is 6. The van der Waals surface area contributed by atoms with E-state index in [1.807, 2.05) is 30.3 Å². The first-order valence-corrected chi connectivity index (χ1v) is 11.1. The zero-order chi connectivity index (χ0) is 19.8. The molecule has 0 spiro atoms. The van der Waals surface area contributed by atoms with Crippen LogP contribution in [0, 0.1) is 5.41 Å². The van der Waals surface area contributed by atoms with Crippen molar-refractivity contribution in [1.82, 2.24) is 9.29 Å². The Balaban J connectivity index is 1.74. The fourth-order valence-corrected chi connectivity index (χ4v) is 6.73. The predicted octanol–water partition coefficient (Wildman–Crippen LogP) is 2.80. The van der Waals surface area contributed by atoms with E-state index in [1.165, 1.54) is 6.20 Å². The van der Waals surface area contributed by atoms with Crippen LogP contribution in [0.3, 0.4) is 0 Å². The minimum absolute atomic E-state index is 0.172. The first-order chi connectivity index (χ1) is 13.5. The molecular formula is C21H24N2O4S. The molecule has 0 radical (unpaired) electrons. The predicted molar refractivity (Wildman–Crippen MR) is 104 cm³/mol. The molecule has 2 saturated heterocycles. The van der Waals surface area contributed by atoms with Crippen molar-refractivity contribution in [3.8, 4) is 0 Å². The second-order valence-corrected chi connectivity index (χ2v) is 9.36. The lowest BCUT2D eigenvalue weighted by atomic mass is 9.70. The van der Waals surface area contributed by atoms with E-state index < -0.39 is 21.5 Å². The van der Waals surface area contributed by atoms with Crippen molar-refractivity contribution in [2.24, 2.45) is 5.41 Å². The third-order valence-corrected chi connectivity index (χ3v) is 7.88. The summed E-state index contributed by atoms with van der Waals surface area (Å²) in [6, 6.07) is 12.3. The van der Waals surface area contributed by atoms with Crippen LogP contribution in [0.4, 0.5) is 0 Å². The molecule has 1 aromatic carbocycles. The standard InChI is InChI=1S/C21H24N2O4S/c1-2-27-20(24)21(13-16-7-4-3-5-8-16)14-17-10-11-19(21)23(17)28(25,26)18-9-6-12-22-15-18/h3-9,12,15,17,19H,2,10-11,13-14H2,1H3/t17-,19+,21+/m1/s1. The lowest BCUT2D eigenvalue weighted by molar-refractivity contribution is -0.157. The van der Waals surface area contributed by atoms with E-state index in [0.717, 1.165) is 12.0 Å². The molecule has 2 aliphatic rings. The molecule has 3 heterocycles. The number of hydrogen-bond donors (Lipinski definition) is 0. The zero-order valence-corrected chi connectivity index (χ0v) is 16.6. The summed E-state index contributed by atoms with van der Waals surface area (Å²) >= 11 is 0. The van der Waals surface area contributed by atoms with E-state index >= 15 is 0 Å². The first kappa shape index (κ1) is 19.1. The SMILES string of the molecule is CCOC(=O)[C@@]1(Cc2ccccc2)C[C@H]2CC[C@@H]1N2S(=O)(=O)c1cccnc1. The molecule has 7 heteroatoms. The second kappa shape index (κ2) is 7.29. The molecule has 2 fully saturated rings. The van der Waals surface area contributed by atoms with Gasteiger partial charge < -0.3 is 4.74 Å². The third-order valence-electron chi connectivity index (χ3n) is 5.93. The Morgan fingerprint density at radius 2 is 2.00 bits per heavy atom. The van der Waals surface area contributed by atoms with Crippen LogP contribution in [0.5, 0.6) is 0 Å². The third kappa shape index (κ3) is 3.02. The summed E-state index contributed by atoms with van der Waals surface area (Å²) in [5.41, 5.74) is 0.164. The van der Waals surface area contributed by atoms with E-state index in [9.17, 15) is 13.2 Å². The van der Waals surface area contributed by atoms with Gasteiger partial charge in [0.2, 0.25) is 10.0 Å². The topological polar surface area (TPSA) is 76.6 Å². The van der Waals surface area contributed by atoms with Crippen LogP contribution >= 0.6 is 0 Å². The monoisotopic (exact) mass is 400 g/mol. The van der Waals surface area contributed by atoms with Crippen LogP contribution in [0.25, 0.3) is 0 Å². The van der Waals surface area contributed by atoms with Gasteiger partial charge in [-0.15, -0.1) is 0 Å². The summed E-state index contributed by atoms with van der Waals surface area (Å²) in [4.78, 5) is 17.3. The van der Waals surface area contributed by atoms with Gasteiger partial charge in [-0.2, -0.15) is 4.31 Å². The Bertz CT molecular complexity index is 949. The number of esters is 1. The Kier molecular flexibility index (Phi) is 4.97. The van der Waals surface area contributed by atoms with Gasteiger partial charge in [-0.1, -0.05) is 30.3 Å². The molecule has 4 rings (SSSR count). The Morgan fingerprint density at radius 1 is 1.21 bits per heavy atom. The number of ether oxygens (including phenoxy) is 1. The minimum atomic E-state index is -3.72. The number of fused-ring (bicyclic) bond motifs is 2. The highest BCUT2D eigenvalue weighted by Crippen LogP contribution is 2.54. The van der Waals surface area contributed by atoms with Crippen molar-refractivity contribution in [2.45, 2.75) is 49.6 Å². The highest BCUT2D eigenvalue weighted by atomic mass is 32.2. The largest absolute Gasteiger partial charge is 0.466 e. The van der Waals surface area contributed by atoms with Crippen molar-refractivity contribution in [3.05, 3.63) is 60.4 Å². The first-order valence-electron chi connectivity index (χ1n) is 9.64. The highest BCUT2D eigenvalue weighted by molar-refractivity contribution is 7.89. The number of carbonyl (C=O) groups is 1. The van der Waals surface area contributed by atoms with Crippen LogP contribution in [-0.4, -0.2) is 42.4 Å². The molecular weight excluding hydrogens is 376 g/mol. The lowest BCUT2D eigenvalue weighted by Gasteiger charge is -2.35. The lowest BCUT2D eigenvalue weighted by Crippen LogP contribution is -2.47. The number of nitrogens with zero attached hydrogens (tertiary/aromatic N) is 2. The summed E-state index contributed by atoms with van der Waals surface area (Å²) in [5.74, 6) is -0.294.